The van der Waals surface area contributed by atoms with E-state index >= 15 is 0 Å². The van der Waals surface area contributed by atoms with Gasteiger partial charge in [0.2, 0.25) is 0 Å². The molecular formula is C24H36BrN3O8. The number of carboxylic acids is 2. The number of halogens is 1. The van der Waals surface area contributed by atoms with E-state index in [1.54, 1.807) is 10.6 Å². The number of carbonyl (C=O) groups excluding carboxylic acids is 1. The molecule has 1 amide bonds. The van der Waals surface area contributed by atoms with Gasteiger partial charge in [-0.25, -0.2) is 9.59 Å². The molecule has 0 bridgehead atoms. The molecule has 2 aliphatic rings. The SMILES string of the molecule is Cc1c(Br)cc(C(=O)NCC2CCN(CC3(O)CCOCC3)CC2)c(=O)n1C(C)C.O=C(O)C(=O)O. The van der Waals surface area contributed by atoms with Crippen LogP contribution in [0.3, 0.4) is 0 Å². The molecule has 1 aromatic rings. The minimum Gasteiger partial charge on any atom is -0.473 e. The van der Waals surface area contributed by atoms with E-state index < -0.39 is 17.5 Å². The van der Waals surface area contributed by atoms with Crippen LogP contribution in [0, 0.1) is 12.8 Å². The van der Waals surface area contributed by atoms with Crippen LogP contribution in [0.1, 0.15) is 61.6 Å². The van der Waals surface area contributed by atoms with Crippen molar-refractivity contribution in [3.8, 4) is 0 Å². The number of pyridine rings is 1. The number of aromatic nitrogens is 1. The van der Waals surface area contributed by atoms with E-state index in [-0.39, 0.29) is 23.1 Å². The van der Waals surface area contributed by atoms with Gasteiger partial charge in [0.1, 0.15) is 5.56 Å². The monoisotopic (exact) mass is 573 g/mol. The van der Waals surface area contributed by atoms with E-state index in [2.05, 4.69) is 26.1 Å². The molecule has 3 heterocycles. The summed E-state index contributed by atoms with van der Waals surface area (Å²) in [6.45, 7) is 10.1. The van der Waals surface area contributed by atoms with Crippen LogP contribution in [0.15, 0.2) is 15.3 Å². The maximum Gasteiger partial charge on any atom is 0.414 e. The second-order valence-corrected chi connectivity index (χ2v) is 10.5. The number of hydrogen-bond acceptors (Lipinski definition) is 7. The Labute approximate surface area is 218 Å². The predicted octanol–water partition coefficient (Wildman–Crippen LogP) is 1.64. The van der Waals surface area contributed by atoms with Gasteiger partial charge in [-0.2, -0.15) is 0 Å². The Balaban J connectivity index is 0.000000678. The largest absolute Gasteiger partial charge is 0.473 e. The van der Waals surface area contributed by atoms with Crippen LogP contribution in [0.4, 0.5) is 0 Å². The number of hydrogen-bond donors (Lipinski definition) is 4. The topological polar surface area (TPSA) is 158 Å². The molecule has 202 valence electrons. The minimum atomic E-state index is -1.82. The zero-order valence-corrected chi connectivity index (χ0v) is 22.5. The van der Waals surface area contributed by atoms with Crippen LogP contribution < -0.4 is 10.9 Å². The van der Waals surface area contributed by atoms with Gasteiger partial charge in [0.15, 0.2) is 0 Å². The molecule has 0 aromatic carbocycles. The maximum absolute atomic E-state index is 12.8. The molecule has 0 unspecified atom stereocenters. The zero-order chi connectivity index (χ0) is 27.0. The van der Waals surface area contributed by atoms with Crippen molar-refractivity contribution in [1.82, 2.24) is 14.8 Å². The number of likely N-dealkylation sites (tertiary alicyclic amines) is 1. The summed E-state index contributed by atoms with van der Waals surface area (Å²) in [5.74, 6) is -3.57. The number of β-amino-alcohol motifs (C(OH)–C–C–N with tert-alkyl or cyclic N) is 1. The Morgan fingerprint density at radius 2 is 1.72 bits per heavy atom. The van der Waals surface area contributed by atoms with Gasteiger partial charge in [0, 0.05) is 55.4 Å². The fourth-order valence-electron chi connectivity index (χ4n) is 4.48. The molecule has 0 radical (unpaired) electrons. The molecule has 0 spiro atoms. The van der Waals surface area contributed by atoms with Crippen molar-refractivity contribution >= 4 is 33.8 Å². The molecule has 36 heavy (non-hydrogen) atoms. The normalized spacial score (nSPS) is 18.3. The van der Waals surface area contributed by atoms with Gasteiger partial charge in [0.05, 0.1) is 5.60 Å². The highest BCUT2D eigenvalue weighted by Gasteiger charge is 2.33. The van der Waals surface area contributed by atoms with Crippen molar-refractivity contribution in [1.29, 1.82) is 0 Å². The number of amides is 1. The fraction of sp³-hybridized carbons (Fsp3) is 0.667. The number of aliphatic hydroxyl groups is 1. The second kappa shape index (κ2) is 13.3. The highest BCUT2D eigenvalue weighted by molar-refractivity contribution is 9.10. The van der Waals surface area contributed by atoms with E-state index in [0.29, 0.717) is 45.1 Å². The minimum absolute atomic E-state index is 0.0172. The third kappa shape index (κ3) is 8.39. The molecule has 3 rings (SSSR count). The Bertz CT molecular complexity index is 984. The average molecular weight is 574 g/mol. The molecule has 1 aromatic heterocycles. The van der Waals surface area contributed by atoms with Gasteiger partial charge in [0.25, 0.3) is 11.5 Å². The van der Waals surface area contributed by atoms with Gasteiger partial charge in [-0.1, -0.05) is 0 Å². The Kier molecular flexibility index (Phi) is 11.1. The number of nitrogens with zero attached hydrogens (tertiary/aromatic N) is 2. The molecule has 0 saturated carbocycles. The Morgan fingerprint density at radius 3 is 2.22 bits per heavy atom. The predicted molar refractivity (Wildman–Crippen MR) is 135 cm³/mol. The number of nitrogens with one attached hydrogen (secondary N) is 1. The van der Waals surface area contributed by atoms with Crippen molar-refractivity contribution in [2.45, 2.75) is 58.1 Å². The first-order valence-corrected chi connectivity index (χ1v) is 12.8. The Hall–Kier alpha value is -2.28. The first-order chi connectivity index (χ1) is 16.8. The summed E-state index contributed by atoms with van der Waals surface area (Å²) in [6.07, 6.45) is 3.34. The summed E-state index contributed by atoms with van der Waals surface area (Å²) >= 11 is 3.47. The van der Waals surface area contributed by atoms with Gasteiger partial charge in [-0.05, 0) is 74.6 Å². The first-order valence-electron chi connectivity index (χ1n) is 12.0. The summed E-state index contributed by atoms with van der Waals surface area (Å²) < 4.78 is 7.77. The molecule has 11 nitrogen and oxygen atoms in total. The van der Waals surface area contributed by atoms with Crippen LogP contribution in [0.25, 0.3) is 0 Å². The number of carboxylic acid groups (broad SMARTS) is 2. The molecule has 2 saturated heterocycles. The van der Waals surface area contributed by atoms with Gasteiger partial charge >= 0.3 is 11.9 Å². The summed E-state index contributed by atoms with van der Waals surface area (Å²) in [5, 5.41) is 28.5. The number of carbonyl (C=O) groups is 3. The molecular weight excluding hydrogens is 538 g/mol. The van der Waals surface area contributed by atoms with E-state index in [1.807, 2.05) is 20.8 Å². The highest BCUT2D eigenvalue weighted by atomic mass is 79.9. The van der Waals surface area contributed by atoms with Gasteiger partial charge in [-0.3, -0.25) is 9.59 Å². The van der Waals surface area contributed by atoms with Gasteiger partial charge in [-0.15, -0.1) is 0 Å². The summed E-state index contributed by atoms with van der Waals surface area (Å²) in [7, 11) is 0. The summed E-state index contributed by atoms with van der Waals surface area (Å²) in [5.41, 5.74) is 0.127. The quantitative estimate of drug-likeness (QED) is 0.371. The molecule has 4 N–H and O–H groups in total. The van der Waals surface area contributed by atoms with Crippen molar-refractivity contribution in [2.75, 3.05) is 39.4 Å². The van der Waals surface area contributed by atoms with Crippen molar-refractivity contribution < 1.29 is 34.4 Å². The van der Waals surface area contributed by atoms with E-state index in [1.165, 1.54) is 0 Å². The van der Waals surface area contributed by atoms with E-state index in [9.17, 15) is 14.7 Å². The fourth-order valence-corrected chi connectivity index (χ4v) is 4.90. The molecule has 0 aliphatic carbocycles. The standard InChI is InChI=1S/C22H34BrN3O4.C2H2O4/c1-15(2)26-16(3)19(23)12-18(21(26)28)20(27)24-13-17-4-8-25(9-5-17)14-22(29)6-10-30-11-7-22;3-1(4)2(5)6/h12,15,17,29H,4-11,13-14H2,1-3H3,(H,24,27);(H,3,4)(H,5,6). The third-order valence-corrected chi connectivity index (χ3v) is 7.37. The maximum atomic E-state index is 12.8. The van der Waals surface area contributed by atoms with E-state index in [0.717, 1.165) is 36.1 Å². The molecule has 2 fully saturated rings. The second-order valence-electron chi connectivity index (χ2n) is 9.64. The van der Waals surface area contributed by atoms with Crippen molar-refractivity contribution in [2.24, 2.45) is 5.92 Å². The van der Waals surface area contributed by atoms with Crippen LogP contribution in [-0.2, 0) is 14.3 Å². The zero-order valence-electron chi connectivity index (χ0n) is 21.0. The highest BCUT2D eigenvalue weighted by Crippen LogP contribution is 2.25. The first kappa shape index (κ1) is 29.9. The average Bonchev–Trinajstić information content (AvgIpc) is 2.81. The number of ether oxygens (including phenoxy) is 1. The molecule has 12 heteroatoms. The Morgan fingerprint density at radius 1 is 1.17 bits per heavy atom. The van der Waals surface area contributed by atoms with Crippen molar-refractivity contribution in [3.05, 3.63) is 32.2 Å². The number of rotatable bonds is 6. The lowest BCUT2D eigenvalue weighted by Gasteiger charge is -2.39. The number of aliphatic carboxylic acids is 2. The van der Waals surface area contributed by atoms with Crippen molar-refractivity contribution in [3.63, 3.8) is 0 Å². The summed E-state index contributed by atoms with van der Waals surface area (Å²) in [4.78, 5) is 46.0. The van der Waals surface area contributed by atoms with Crippen LogP contribution in [0.2, 0.25) is 0 Å². The van der Waals surface area contributed by atoms with Crippen LogP contribution >= 0.6 is 15.9 Å². The molecule has 2 aliphatic heterocycles. The van der Waals surface area contributed by atoms with Gasteiger partial charge < -0.3 is 34.8 Å². The van der Waals surface area contributed by atoms with Crippen LogP contribution in [0.5, 0.6) is 0 Å². The van der Waals surface area contributed by atoms with E-state index in [4.69, 9.17) is 24.5 Å². The lowest BCUT2D eigenvalue weighted by Crippen LogP contribution is -2.49. The lowest BCUT2D eigenvalue weighted by molar-refractivity contribution is -0.159. The third-order valence-electron chi connectivity index (χ3n) is 6.57. The smallest absolute Gasteiger partial charge is 0.414 e. The lowest BCUT2D eigenvalue weighted by atomic mass is 9.91. The summed E-state index contributed by atoms with van der Waals surface area (Å²) in [6, 6.07) is 1.61. The number of piperidine rings is 1. The van der Waals surface area contributed by atoms with Crippen LogP contribution in [-0.4, -0.2) is 87.6 Å². The molecule has 0 atom stereocenters.